The molecule has 0 aliphatic heterocycles. The molecule has 0 aliphatic carbocycles. The second kappa shape index (κ2) is 12.5. The average molecular weight is 392 g/mol. The first-order valence-corrected chi connectivity index (χ1v) is 8.11. The summed E-state index contributed by atoms with van der Waals surface area (Å²) < 4.78 is 15.3. The Hall–Kier alpha value is -1.82. The molecule has 0 aromatic heterocycles. The van der Waals surface area contributed by atoms with Crippen molar-refractivity contribution in [1.82, 2.24) is 0 Å². The fourth-order valence-corrected chi connectivity index (χ4v) is 1.72. The van der Waals surface area contributed by atoms with Crippen LogP contribution < -0.4 is 0 Å². The van der Waals surface area contributed by atoms with E-state index in [1.165, 1.54) is 13.8 Å². The molecule has 0 fully saturated rings. The highest BCUT2D eigenvalue weighted by atomic mass is 16.6. The molecule has 0 radical (unpaired) electrons. The highest BCUT2D eigenvalue weighted by molar-refractivity contribution is 5.88. The maximum absolute atomic E-state index is 11.9. The normalized spacial score (nSPS) is 16.6. The smallest absolute Gasteiger partial charge is 0.333 e. The van der Waals surface area contributed by atoms with E-state index in [9.17, 15) is 24.9 Å². The number of rotatable bonds is 13. The highest BCUT2D eigenvalue weighted by Crippen LogP contribution is 2.17. The van der Waals surface area contributed by atoms with Crippen molar-refractivity contribution in [2.75, 3.05) is 26.4 Å². The molecule has 5 atom stereocenters. The fraction of sp³-hybridized carbons (Fsp3) is 0.647. The third-order valence-electron chi connectivity index (χ3n) is 3.29. The Balaban J connectivity index is 5.54. The molecule has 0 saturated heterocycles. The van der Waals surface area contributed by atoms with Crippen LogP contribution in [0.1, 0.15) is 13.8 Å². The Labute approximate surface area is 157 Å². The van der Waals surface area contributed by atoms with Crippen molar-refractivity contribution in [3.05, 3.63) is 24.3 Å². The molecular weight excluding hydrogens is 364 g/mol. The van der Waals surface area contributed by atoms with E-state index in [2.05, 4.69) is 13.2 Å². The van der Waals surface area contributed by atoms with Gasteiger partial charge >= 0.3 is 11.9 Å². The van der Waals surface area contributed by atoms with Crippen LogP contribution in [0.4, 0.5) is 0 Å². The Morgan fingerprint density at radius 2 is 1.41 bits per heavy atom. The number of aliphatic hydroxyl groups excluding tert-OH is 5. The lowest BCUT2D eigenvalue weighted by Gasteiger charge is -2.32. The zero-order chi connectivity index (χ0) is 21.1. The molecule has 0 amide bonds. The van der Waals surface area contributed by atoms with E-state index >= 15 is 0 Å². The maximum atomic E-state index is 11.9. The summed E-state index contributed by atoms with van der Waals surface area (Å²) in [5, 5.41) is 47.1. The summed E-state index contributed by atoms with van der Waals surface area (Å²) in [6.07, 6.45) is -7.77. The second-order valence-corrected chi connectivity index (χ2v) is 5.99. The van der Waals surface area contributed by atoms with Crippen molar-refractivity contribution in [2.24, 2.45) is 0 Å². The van der Waals surface area contributed by atoms with Gasteiger partial charge in [-0.05, 0) is 13.8 Å². The van der Waals surface area contributed by atoms with Gasteiger partial charge in [-0.2, -0.15) is 0 Å². The maximum Gasteiger partial charge on any atom is 0.333 e. The lowest BCUT2D eigenvalue weighted by molar-refractivity contribution is -0.188. The van der Waals surface area contributed by atoms with Gasteiger partial charge in [-0.15, -0.1) is 0 Å². The molecule has 10 nitrogen and oxygen atoms in total. The van der Waals surface area contributed by atoms with Gasteiger partial charge in [0.1, 0.15) is 18.3 Å². The van der Waals surface area contributed by atoms with Gasteiger partial charge in [-0.25, -0.2) is 9.59 Å². The quantitative estimate of drug-likeness (QED) is 0.176. The van der Waals surface area contributed by atoms with Crippen LogP contribution in [-0.4, -0.2) is 94.4 Å². The molecule has 0 heterocycles. The molecule has 0 aliphatic rings. The van der Waals surface area contributed by atoms with Gasteiger partial charge in [0.05, 0.1) is 26.4 Å². The van der Waals surface area contributed by atoms with Gasteiger partial charge in [0.15, 0.2) is 12.2 Å². The first-order chi connectivity index (χ1) is 12.5. The molecule has 10 heteroatoms. The van der Waals surface area contributed by atoms with Gasteiger partial charge < -0.3 is 39.7 Å². The number of ether oxygens (including phenoxy) is 3. The third kappa shape index (κ3) is 9.09. The van der Waals surface area contributed by atoms with Crippen LogP contribution in [0.2, 0.25) is 0 Å². The van der Waals surface area contributed by atoms with Gasteiger partial charge in [-0.3, -0.25) is 0 Å². The Morgan fingerprint density at radius 1 is 0.889 bits per heavy atom. The summed E-state index contributed by atoms with van der Waals surface area (Å²) in [5.74, 6) is -1.82. The van der Waals surface area contributed by atoms with Crippen LogP contribution in [-0.2, 0) is 23.8 Å². The Morgan fingerprint density at radius 3 is 1.85 bits per heavy atom. The molecular formula is C17H28O10. The first-order valence-electron chi connectivity index (χ1n) is 8.11. The molecule has 0 rings (SSSR count). The lowest BCUT2D eigenvalue weighted by atomic mass is 10.0. The van der Waals surface area contributed by atoms with E-state index in [0.717, 1.165) is 0 Å². The minimum absolute atomic E-state index is 0.0116. The first kappa shape index (κ1) is 25.2. The molecule has 156 valence electrons. The summed E-state index contributed by atoms with van der Waals surface area (Å²) in [5.41, 5.74) is -0.00939. The van der Waals surface area contributed by atoms with Gasteiger partial charge in [0.2, 0.25) is 0 Å². The van der Waals surface area contributed by atoms with Crippen molar-refractivity contribution >= 4 is 11.9 Å². The molecule has 0 bridgehead atoms. The lowest BCUT2D eigenvalue weighted by Crippen LogP contribution is -2.51. The highest BCUT2D eigenvalue weighted by Gasteiger charge is 2.38. The monoisotopic (exact) mass is 392 g/mol. The summed E-state index contributed by atoms with van der Waals surface area (Å²) in [6.45, 7) is 7.30. The minimum Gasteiger partial charge on any atom is -0.452 e. The van der Waals surface area contributed by atoms with Gasteiger partial charge in [-0.1, -0.05) is 13.2 Å². The largest absolute Gasteiger partial charge is 0.452 e. The van der Waals surface area contributed by atoms with E-state index in [0.29, 0.717) is 0 Å². The van der Waals surface area contributed by atoms with E-state index in [-0.39, 0.29) is 17.8 Å². The van der Waals surface area contributed by atoms with Crippen molar-refractivity contribution < 1.29 is 49.3 Å². The number of hydrogen-bond donors (Lipinski definition) is 5. The predicted octanol–water partition coefficient (Wildman–Crippen LogP) is -1.95. The zero-order valence-corrected chi connectivity index (χ0v) is 15.4. The number of esters is 2. The van der Waals surface area contributed by atoms with Gasteiger partial charge in [0.25, 0.3) is 0 Å². The van der Waals surface area contributed by atoms with Crippen molar-refractivity contribution in [3.8, 4) is 0 Å². The summed E-state index contributed by atoms with van der Waals surface area (Å²) in [4.78, 5) is 23.7. The Kier molecular flexibility index (Phi) is 11.7. The molecule has 0 saturated carbocycles. The van der Waals surface area contributed by atoms with Crippen molar-refractivity contribution in [3.63, 3.8) is 0 Å². The van der Waals surface area contributed by atoms with Crippen LogP contribution in [0.15, 0.2) is 24.3 Å². The van der Waals surface area contributed by atoms with Crippen LogP contribution >= 0.6 is 0 Å². The molecule has 5 N–H and O–H groups in total. The van der Waals surface area contributed by atoms with Gasteiger partial charge in [0, 0.05) is 11.1 Å². The van der Waals surface area contributed by atoms with E-state index < -0.39 is 62.3 Å². The number of hydrogen-bond acceptors (Lipinski definition) is 10. The summed E-state index contributed by atoms with van der Waals surface area (Å²) in [6, 6.07) is 0. The summed E-state index contributed by atoms with van der Waals surface area (Å²) in [7, 11) is 0. The number of aliphatic hydroxyl groups is 5. The van der Waals surface area contributed by atoms with Crippen LogP contribution in [0.3, 0.4) is 0 Å². The molecule has 1 unspecified atom stereocenters. The molecule has 27 heavy (non-hydrogen) atoms. The molecule has 0 aromatic rings. The average Bonchev–Trinajstić information content (AvgIpc) is 2.63. The fourth-order valence-electron chi connectivity index (χ4n) is 1.72. The van der Waals surface area contributed by atoms with E-state index in [1.807, 2.05) is 0 Å². The summed E-state index contributed by atoms with van der Waals surface area (Å²) >= 11 is 0. The van der Waals surface area contributed by atoms with E-state index in [4.69, 9.17) is 24.4 Å². The van der Waals surface area contributed by atoms with Crippen LogP contribution in [0, 0.1) is 0 Å². The predicted molar refractivity (Wildman–Crippen MR) is 92.4 cm³/mol. The SMILES string of the molecule is C=C(C)C(=O)O[C@@H]([C@H](O)[C@H](O)CO)[C@H](COCC(O)CO)OC(=O)C(=C)C. The zero-order valence-electron chi connectivity index (χ0n) is 15.4. The Bertz CT molecular complexity index is 518. The standard InChI is InChI=1S/C17H28O10/c1-9(2)16(23)26-13(8-25-7-11(20)5-18)15(14(22)12(21)6-19)27-17(24)10(3)4/h11-15,18-22H,1,3,5-8H2,2,4H3/t11?,12-,13+,14-,15-/m1/s1. The molecule has 0 aromatic carbocycles. The number of carbonyl (C=O) groups is 2. The minimum atomic E-state index is -1.83. The van der Waals surface area contributed by atoms with Crippen LogP contribution in [0.25, 0.3) is 0 Å². The second-order valence-electron chi connectivity index (χ2n) is 5.99. The van der Waals surface area contributed by atoms with Crippen molar-refractivity contribution in [1.29, 1.82) is 0 Å². The topological polar surface area (TPSA) is 163 Å². The third-order valence-corrected chi connectivity index (χ3v) is 3.29. The number of carbonyl (C=O) groups excluding carboxylic acids is 2. The van der Waals surface area contributed by atoms with Crippen molar-refractivity contribution in [2.45, 2.75) is 44.4 Å². The molecule has 0 spiro atoms. The van der Waals surface area contributed by atoms with E-state index in [1.54, 1.807) is 0 Å². The van der Waals surface area contributed by atoms with Crippen LogP contribution in [0.5, 0.6) is 0 Å².